The fourth-order valence-corrected chi connectivity index (χ4v) is 3.69. The van der Waals surface area contributed by atoms with Crippen LogP contribution in [-0.4, -0.2) is 30.3 Å². The molecule has 0 fully saturated rings. The van der Waals surface area contributed by atoms with Gasteiger partial charge in [0.15, 0.2) is 5.78 Å². The number of carbonyl (C=O) groups excluding carboxylic acids is 1. The minimum atomic E-state index is 0.265. The molecule has 0 aromatic heterocycles. The largest absolute Gasteiger partial charge is 0.295 e. The first-order valence-corrected chi connectivity index (χ1v) is 10.9. The minimum Gasteiger partial charge on any atom is -0.295 e. The molecule has 0 saturated heterocycles. The third-order valence-electron chi connectivity index (χ3n) is 5.58. The second-order valence-corrected chi connectivity index (χ2v) is 7.82. The van der Waals surface area contributed by atoms with E-state index in [1.54, 1.807) is 0 Å². The highest BCUT2D eigenvalue weighted by Gasteiger charge is 2.19. The van der Waals surface area contributed by atoms with Gasteiger partial charge in [-0.05, 0) is 24.7 Å². The SMILES string of the molecule is CCCCC(CC)CN(CC(=O)c1ccccc1)CC(CC)CCCC. The number of Topliss-reactive ketones (excluding diaryl/α,β-unsaturated/α-hetero) is 1. The topological polar surface area (TPSA) is 20.3 Å². The van der Waals surface area contributed by atoms with Crippen LogP contribution in [0.25, 0.3) is 0 Å². The van der Waals surface area contributed by atoms with E-state index >= 15 is 0 Å². The Bertz CT molecular complexity index is 452. The molecule has 0 aliphatic heterocycles. The highest BCUT2D eigenvalue weighted by Crippen LogP contribution is 2.19. The van der Waals surface area contributed by atoms with Crippen LogP contribution in [-0.2, 0) is 0 Å². The van der Waals surface area contributed by atoms with Gasteiger partial charge in [0.2, 0.25) is 0 Å². The van der Waals surface area contributed by atoms with E-state index < -0.39 is 0 Å². The molecule has 1 rings (SSSR count). The van der Waals surface area contributed by atoms with Gasteiger partial charge < -0.3 is 0 Å². The Labute approximate surface area is 162 Å². The van der Waals surface area contributed by atoms with Gasteiger partial charge in [-0.2, -0.15) is 0 Å². The third-order valence-corrected chi connectivity index (χ3v) is 5.58. The number of rotatable bonds is 15. The van der Waals surface area contributed by atoms with Crippen molar-refractivity contribution in [1.82, 2.24) is 4.90 Å². The average molecular weight is 360 g/mol. The number of ketones is 1. The van der Waals surface area contributed by atoms with E-state index in [0.29, 0.717) is 18.4 Å². The second-order valence-electron chi connectivity index (χ2n) is 7.82. The Hall–Kier alpha value is -1.15. The molecular weight excluding hydrogens is 318 g/mol. The number of unbranched alkanes of at least 4 members (excludes halogenated alkanes) is 2. The summed E-state index contributed by atoms with van der Waals surface area (Å²) in [4.78, 5) is 15.2. The molecule has 0 saturated carbocycles. The van der Waals surface area contributed by atoms with Gasteiger partial charge in [-0.3, -0.25) is 9.69 Å². The molecule has 0 radical (unpaired) electrons. The summed E-state index contributed by atoms with van der Waals surface area (Å²) < 4.78 is 0. The summed E-state index contributed by atoms with van der Waals surface area (Å²) in [7, 11) is 0. The van der Waals surface area contributed by atoms with Crippen LogP contribution in [0.4, 0.5) is 0 Å². The second kappa shape index (κ2) is 14.0. The van der Waals surface area contributed by atoms with Crippen LogP contribution in [0.3, 0.4) is 0 Å². The first kappa shape index (κ1) is 22.9. The molecule has 1 aromatic rings. The summed E-state index contributed by atoms with van der Waals surface area (Å²) in [6.07, 6.45) is 10.1. The fraction of sp³-hybridized carbons (Fsp3) is 0.708. The number of benzene rings is 1. The van der Waals surface area contributed by atoms with Gasteiger partial charge in [0.1, 0.15) is 0 Å². The molecule has 148 valence electrons. The van der Waals surface area contributed by atoms with Crippen molar-refractivity contribution in [2.75, 3.05) is 19.6 Å². The van der Waals surface area contributed by atoms with Gasteiger partial charge in [0.05, 0.1) is 6.54 Å². The first-order chi connectivity index (χ1) is 12.6. The van der Waals surface area contributed by atoms with Crippen molar-refractivity contribution in [2.24, 2.45) is 11.8 Å². The number of hydrogen-bond donors (Lipinski definition) is 0. The van der Waals surface area contributed by atoms with Gasteiger partial charge in [-0.25, -0.2) is 0 Å². The molecule has 26 heavy (non-hydrogen) atoms. The molecule has 1 aromatic carbocycles. The molecule has 2 atom stereocenters. The van der Waals surface area contributed by atoms with E-state index in [-0.39, 0.29) is 5.78 Å². The smallest absolute Gasteiger partial charge is 0.176 e. The fourth-order valence-electron chi connectivity index (χ4n) is 3.69. The molecule has 0 N–H and O–H groups in total. The highest BCUT2D eigenvalue weighted by atomic mass is 16.1. The van der Waals surface area contributed by atoms with Gasteiger partial charge in [0, 0.05) is 18.7 Å². The van der Waals surface area contributed by atoms with E-state index in [4.69, 9.17) is 0 Å². The van der Waals surface area contributed by atoms with Gasteiger partial charge >= 0.3 is 0 Å². The molecule has 0 bridgehead atoms. The highest BCUT2D eigenvalue weighted by molar-refractivity contribution is 5.97. The first-order valence-electron chi connectivity index (χ1n) is 10.9. The molecule has 0 aliphatic rings. The van der Waals surface area contributed by atoms with Gasteiger partial charge in [0.25, 0.3) is 0 Å². The predicted molar refractivity (Wildman–Crippen MR) is 114 cm³/mol. The van der Waals surface area contributed by atoms with Crippen LogP contribution < -0.4 is 0 Å². The Balaban J connectivity index is 2.76. The summed E-state index contributed by atoms with van der Waals surface area (Å²) in [6.45, 7) is 11.8. The lowest BCUT2D eigenvalue weighted by Crippen LogP contribution is -2.37. The van der Waals surface area contributed by atoms with Crippen molar-refractivity contribution >= 4 is 5.78 Å². The van der Waals surface area contributed by atoms with Gasteiger partial charge in [-0.1, -0.05) is 96.6 Å². The molecule has 0 aliphatic carbocycles. The maximum absolute atomic E-state index is 12.8. The van der Waals surface area contributed by atoms with Crippen LogP contribution in [0.1, 0.15) is 89.4 Å². The zero-order valence-corrected chi connectivity index (χ0v) is 17.7. The molecule has 2 heteroatoms. The summed E-state index contributed by atoms with van der Waals surface area (Å²) in [5, 5.41) is 0. The van der Waals surface area contributed by atoms with Crippen molar-refractivity contribution in [3.8, 4) is 0 Å². The van der Waals surface area contributed by atoms with Crippen LogP contribution >= 0.6 is 0 Å². The zero-order valence-electron chi connectivity index (χ0n) is 17.7. The Kier molecular flexibility index (Phi) is 12.3. The van der Waals surface area contributed by atoms with E-state index in [2.05, 4.69) is 32.6 Å². The standard InChI is InChI=1S/C24H41NO/c1-5-9-14-21(7-3)18-25(19-22(8-4)15-10-6-2)20-24(26)23-16-12-11-13-17-23/h11-13,16-17,21-22H,5-10,14-15,18-20H2,1-4H3. The number of nitrogens with zero attached hydrogens (tertiary/aromatic N) is 1. The van der Waals surface area contributed by atoms with Crippen LogP contribution in [0, 0.1) is 11.8 Å². The Morgan fingerprint density at radius 2 is 1.35 bits per heavy atom. The maximum Gasteiger partial charge on any atom is 0.176 e. The average Bonchev–Trinajstić information content (AvgIpc) is 2.68. The predicted octanol–water partition coefficient (Wildman–Crippen LogP) is 6.60. The van der Waals surface area contributed by atoms with Crippen molar-refractivity contribution in [3.63, 3.8) is 0 Å². The lowest BCUT2D eigenvalue weighted by Gasteiger charge is -2.30. The van der Waals surface area contributed by atoms with E-state index in [1.165, 1.54) is 51.4 Å². The molecule has 0 spiro atoms. The van der Waals surface area contributed by atoms with E-state index in [0.717, 1.165) is 18.7 Å². The molecule has 2 nitrogen and oxygen atoms in total. The zero-order chi connectivity index (χ0) is 19.2. The molecule has 0 heterocycles. The summed E-state index contributed by atoms with van der Waals surface area (Å²) in [6, 6.07) is 9.80. The number of carbonyl (C=O) groups is 1. The maximum atomic E-state index is 12.8. The van der Waals surface area contributed by atoms with E-state index in [9.17, 15) is 4.79 Å². The van der Waals surface area contributed by atoms with Crippen LogP contribution in [0.15, 0.2) is 30.3 Å². The molecule has 2 unspecified atom stereocenters. The van der Waals surface area contributed by atoms with Crippen LogP contribution in [0.5, 0.6) is 0 Å². The van der Waals surface area contributed by atoms with E-state index in [1.807, 2.05) is 30.3 Å². The summed E-state index contributed by atoms with van der Waals surface area (Å²) >= 11 is 0. The number of hydrogen-bond acceptors (Lipinski definition) is 2. The monoisotopic (exact) mass is 359 g/mol. The van der Waals surface area contributed by atoms with Gasteiger partial charge in [-0.15, -0.1) is 0 Å². The molecular formula is C24H41NO. The third kappa shape index (κ3) is 8.98. The van der Waals surface area contributed by atoms with Crippen LogP contribution in [0.2, 0.25) is 0 Å². The quantitative estimate of drug-likeness (QED) is 0.329. The lowest BCUT2D eigenvalue weighted by molar-refractivity contribution is 0.0893. The Morgan fingerprint density at radius 3 is 1.77 bits per heavy atom. The normalized spacial score (nSPS) is 13.7. The lowest BCUT2D eigenvalue weighted by atomic mass is 9.95. The van der Waals surface area contributed by atoms with Crippen molar-refractivity contribution < 1.29 is 4.79 Å². The van der Waals surface area contributed by atoms with Crippen molar-refractivity contribution in [2.45, 2.75) is 79.1 Å². The minimum absolute atomic E-state index is 0.265. The summed E-state index contributed by atoms with van der Waals surface area (Å²) in [5.74, 6) is 1.69. The summed E-state index contributed by atoms with van der Waals surface area (Å²) in [5.41, 5.74) is 0.848. The van der Waals surface area contributed by atoms with Crippen molar-refractivity contribution in [1.29, 1.82) is 0 Å². The Morgan fingerprint density at radius 1 is 0.846 bits per heavy atom. The van der Waals surface area contributed by atoms with Crippen molar-refractivity contribution in [3.05, 3.63) is 35.9 Å². The molecule has 0 amide bonds.